The van der Waals surface area contributed by atoms with E-state index in [2.05, 4.69) is 22.3 Å². The van der Waals surface area contributed by atoms with Gasteiger partial charge in [0, 0.05) is 24.5 Å². The van der Waals surface area contributed by atoms with Crippen LogP contribution in [0.25, 0.3) is 11.0 Å². The van der Waals surface area contributed by atoms with Crippen molar-refractivity contribution >= 4 is 16.9 Å². The maximum Gasteiger partial charge on any atom is 0.305 e. The summed E-state index contributed by atoms with van der Waals surface area (Å²) in [5.41, 5.74) is 1.51. The average molecular weight is 443 g/mol. The number of nitrogens with zero attached hydrogens (tertiary/aromatic N) is 4. The second-order valence-corrected chi connectivity index (χ2v) is 7.47. The lowest BCUT2D eigenvalue weighted by Crippen LogP contribution is -2.08. The Balaban J connectivity index is 1.45. The van der Waals surface area contributed by atoms with Gasteiger partial charge in [-0.25, -0.2) is 0 Å². The van der Waals surface area contributed by atoms with Gasteiger partial charge in [-0.1, -0.05) is 13.3 Å². The van der Waals surface area contributed by atoms with Crippen LogP contribution < -0.4 is 10.2 Å². The molecule has 0 unspecified atom stereocenters. The Morgan fingerprint density at radius 3 is 2.81 bits per heavy atom. The highest BCUT2D eigenvalue weighted by Gasteiger charge is 2.12. The fraction of sp³-hybridized carbons (Fsp3) is 0.522. The van der Waals surface area contributed by atoms with Gasteiger partial charge in [0.25, 0.3) is 0 Å². The first-order valence-corrected chi connectivity index (χ1v) is 11.2. The Kier molecular flexibility index (Phi) is 8.77. The molecule has 0 spiro atoms. The molecule has 0 radical (unpaired) electrons. The highest BCUT2D eigenvalue weighted by molar-refractivity contribution is 5.82. The van der Waals surface area contributed by atoms with Crippen LogP contribution in [-0.2, 0) is 28.9 Å². The van der Waals surface area contributed by atoms with E-state index in [9.17, 15) is 9.59 Å². The van der Waals surface area contributed by atoms with E-state index in [4.69, 9.17) is 13.9 Å². The SMILES string of the molecule is CCCc1c(OCCCCc2nnn(CCCC(=O)OCC)n2)ccc2c(=O)ccoc12. The monoisotopic (exact) mass is 442 g/mol. The highest BCUT2D eigenvalue weighted by atomic mass is 16.5. The van der Waals surface area contributed by atoms with E-state index in [0.717, 1.165) is 37.0 Å². The maximum absolute atomic E-state index is 12.1. The van der Waals surface area contributed by atoms with Crippen LogP contribution in [0.15, 0.2) is 33.7 Å². The van der Waals surface area contributed by atoms with Crippen molar-refractivity contribution in [2.24, 2.45) is 0 Å². The fourth-order valence-corrected chi connectivity index (χ4v) is 3.45. The number of aryl methyl sites for hydroxylation is 3. The largest absolute Gasteiger partial charge is 0.493 e. The van der Waals surface area contributed by atoms with Gasteiger partial charge in [-0.15, -0.1) is 10.2 Å². The number of hydrogen-bond acceptors (Lipinski definition) is 8. The van der Waals surface area contributed by atoms with Crippen molar-refractivity contribution in [3.8, 4) is 5.75 Å². The minimum absolute atomic E-state index is 0.0448. The molecule has 0 fully saturated rings. The van der Waals surface area contributed by atoms with Gasteiger partial charge in [0.1, 0.15) is 11.3 Å². The number of rotatable bonds is 13. The molecular formula is C23H30N4O5. The average Bonchev–Trinajstić information content (AvgIpc) is 3.23. The molecule has 9 nitrogen and oxygen atoms in total. The highest BCUT2D eigenvalue weighted by Crippen LogP contribution is 2.28. The lowest BCUT2D eigenvalue weighted by Gasteiger charge is -2.12. The third-order valence-corrected chi connectivity index (χ3v) is 4.98. The Morgan fingerprint density at radius 1 is 1.12 bits per heavy atom. The van der Waals surface area contributed by atoms with E-state index in [-0.39, 0.29) is 11.4 Å². The molecule has 0 atom stereocenters. The van der Waals surface area contributed by atoms with E-state index in [1.165, 1.54) is 17.1 Å². The zero-order valence-corrected chi connectivity index (χ0v) is 18.7. The Bertz CT molecular complexity index is 1080. The molecule has 0 aliphatic heterocycles. The minimum atomic E-state index is -0.205. The van der Waals surface area contributed by atoms with Crippen LogP contribution in [0.1, 0.15) is 57.3 Å². The van der Waals surface area contributed by atoms with Crippen molar-refractivity contribution in [3.63, 3.8) is 0 Å². The molecular weight excluding hydrogens is 412 g/mol. The zero-order valence-electron chi connectivity index (χ0n) is 18.7. The van der Waals surface area contributed by atoms with Crippen molar-refractivity contribution in [3.05, 3.63) is 46.1 Å². The summed E-state index contributed by atoms with van der Waals surface area (Å²) in [5, 5.41) is 13.0. The van der Waals surface area contributed by atoms with Crippen LogP contribution >= 0.6 is 0 Å². The first kappa shape index (κ1) is 23.4. The van der Waals surface area contributed by atoms with Crippen LogP contribution in [-0.4, -0.2) is 39.4 Å². The molecule has 0 amide bonds. The van der Waals surface area contributed by atoms with Crippen LogP contribution in [0.3, 0.4) is 0 Å². The number of benzene rings is 1. The predicted octanol–water partition coefficient (Wildman–Crippen LogP) is 3.48. The Labute approximate surface area is 186 Å². The van der Waals surface area contributed by atoms with E-state index >= 15 is 0 Å². The van der Waals surface area contributed by atoms with E-state index in [0.29, 0.717) is 55.8 Å². The minimum Gasteiger partial charge on any atom is -0.493 e. The third-order valence-electron chi connectivity index (χ3n) is 4.98. The van der Waals surface area contributed by atoms with Gasteiger partial charge in [-0.05, 0) is 50.0 Å². The molecule has 0 aliphatic rings. The van der Waals surface area contributed by atoms with Crippen molar-refractivity contribution in [2.75, 3.05) is 13.2 Å². The summed E-state index contributed by atoms with van der Waals surface area (Å²) in [7, 11) is 0. The summed E-state index contributed by atoms with van der Waals surface area (Å²) < 4.78 is 16.5. The number of tetrazole rings is 1. The number of unbranched alkanes of at least 4 members (excludes halogenated alkanes) is 1. The molecule has 0 bridgehead atoms. The summed E-state index contributed by atoms with van der Waals surface area (Å²) >= 11 is 0. The zero-order chi connectivity index (χ0) is 22.8. The molecule has 0 N–H and O–H groups in total. The predicted molar refractivity (Wildman–Crippen MR) is 119 cm³/mol. The van der Waals surface area contributed by atoms with E-state index in [1.54, 1.807) is 13.0 Å². The molecule has 2 heterocycles. The lowest BCUT2D eigenvalue weighted by atomic mass is 10.1. The Morgan fingerprint density at radius 2 is 2.00 bits per heavy atom. The maximum atomic E-state index is 12.1. The van der Waals surface area contributed by atoms with Crippen molar-refractivity contribution in [1.29, 1.82) is 0 Å². The van der Waals surface area contributed by atoms with Gasteiger partial charge in [0.05, 0.1) is 31.4 Å². The van der Waals surface area contributed by atoms with Gasteiger partial charge in [0.15, 0.2) is 11.3 Å². The van der Waals surface area contributed by atoms with Crippen molar-refractivity contribution < 1.29 is 18.7 Å². The van der Waals surface area contributed by atoms with Crippen LogP contribution in [0.2, 0.25) is 0 Å². The number of esters is 1. The normalized spacial score (nSPS) is 11.1. The van der Waals surface area contributed by atoms with Crippen molar-refractivity contribution in [1.82, 2.24) is 20.2 Å². The number of ether oxygens (including phenoxy) is 2. The molecule has 3 aromatic rings. The summed E-state index contributed by atoms with van der Waals surface area (Å²) in [6.07, 6.45) is 6.51. The third kappa shape index (κ3) is 6.38. The van der Waals surface area contributed by atoms with Crippen LogP contribution in [0.4, 0.5) is 0 Å². The Hall–Kier alpha value is -3.23. The fourth-order valence-electron chi connectivity index (χ4n) is 3.45. The van der Waals surface area contributed by atoms with Crippen LogP contribution in [0, 0.1) is 0 Å². The molecule has 0 aliphatic carbocycles. The molecule has 0 saturated heterocycles. The number of carbonyl (C=O) groups excluding carboxylic acids is 1. The molecule has 2 aromatic heterocycles. The first-order chi connectivity index (χ1) is 15.6. The van der Waals surface area contributed by atoms with Gasteiger partial charge in [-0.2, -0.15) is 4.80 Å². The first-order valence-electron chi connectivity index (χ1n) is 11.2. The number of hydrogen-bond donors (Lipinski definition) is 0. The van der Waals surface area contributed by atoms with E-state index in [1.807, 2.05) is 6.07 Å². The van der Waals surface area contributed by atoms with Gasteiger partial charge < -0.3 is 13.9 Å². The molecule has 32 heavy (non-hydrogen) atoms. The van der Waals surface area contributed by atoms with Gasteiger partial charge in [-0.3, -0.25) is 9.59 Å². The molecule has 9 heteroatoms. The molecule has 1 aromatic carbocycles. The van der Waals surface area contributed by atoms with Crippen molar-refractivity contribution in [2.45, 2.75) is 65.3 Å². The topological polar surface area (TPSA) is 109 Å². The second kappa shape index (κ2) is 12.0. The van der Waals surface area contributed by atoms with Crippen LogP contribution in [0.5, 0.6) is 5.75 Å². The quantitative estimate of drug-likeness (QED) is 0.292. The van der Waals surface area contributed by atoms with E-state index < -0.39 is 0 Å². The molecule has 172 valence electrons. The second-order valence-electron chi connectivity index (χ2n) is 7.47. The number of aromatic nitrogens is 4. The summed E-state index contributed by atoms with van der Waals surface area (Å²) in [5.74, 6) is 1.24. The number of carbonyl (C=O) groups is 1. The van der Waals surface area contributed by atoms with Gasteiger partial charge in [0.2, 0.25) is 0 Å². The van der Waals surface area contributed by atoms with Gasteiger partial charge >= 0.3 is 5.97 Å². The summed E-state index contributed by atoms with van der Waals surface area (Å²) in [6.45, 7) is 5.35. The summed E-state index contributed by atoms with van der Waals surface area (Å²) in [4.78, 5) is 24.9. The lowest BCUT2D eigenvalue weighted by molar-refractivity contribution is -0.143. The standard InChI is InChI=1S/C23H30N4O5/c1-3-8-18-20(12-11-17-19(28)13-16-32-23(17)18)31-15-6-5-9-21-24-26-27(25-21)14-7-10-22(29)30-4-2/h11-13,16H,3-10,14-15H2,1-2H3. The number of fused-ring (bicyclic) bond motifs is 1. The molecule has 3 rings (SSSR count). The molecule has 0 saturated carbocycles. The smallest absolute Gasteiger partial charge is 0.305 e. The summed E-state index contributed by atoms with van der Waals surface area (Å²) in [6, 6.07) is 5.05.